The van der Waals surface area contributed by atoms with Gasteiger partial charge in [0.15, 0.2) is 0 Å². The molecule has 0 heterocycles. The molecule has 1 fully saturated rings. The van der Waals surface area contributed by atoms with Crippen molar-refractivity contribution in [3.63, 3.8) is 0 Å². The highest BCUT2D eigenvalue weighted by Crippen LogP contribution is 2.48. The van der Waals surface area contributed by atoms with Crippen LogP contribution in [-0.2, 0) is 4.79 Å². The van der Waals surface area contributed by atoms with E-state index in [1.165, 1.54) is 0 Å². The van der Waals surface area contributed by atoms with Crippen LogP contribution in [0.15, 0.2) is 0 Å². The molecule has 0 aliphatic heterocycles. The summed E-state index contributed by atoms with van der Waals surface area (Å²) in [6.45, 7) is 8.38. The molecular formula is C11H19O2-. The number of rotatable bonds is 1. The zero-order valence-corrected chi connectivity index (χ0v) is 9.02. The largest absolute Gasteiger partial charge is 0.550 e. The smallest absolute Gasteiger partial charge is 0.0473 e. The first-order chi connectivity index (χ1) is 5.78. The molecule has 13 heavy (non-hydrogen) atoms. The third kappa shape index (κ3) is 1.87. The second-order valence-corrected chi connectivity index (χ2v) is 5.44. The summed E-state index contributed by atoms with van der Waals surface area (Å²) in [4.78, 5) is 10.9. The lowest BCUT2D eigenvalue weighted by molar-refractivity contribution is -0.321. The summed E-state index contributed by atoms with van der Waals surface area (Å²) in [6.07, 6.45) is 2.49. The second-order valence-electron chi connectivity index (χ2n) is 5.44. The van der Waals surface area contributed by atoms with Gasteiger partial charge in [-0.15, -0.1) is 0 Å². The Bertz CT molecular complexity index is 220. The van der Waals surface area contributed by atoms with E-state index in [0.717, 1.165) is 19.3 Å². The van der Waals surface area contributed by atoms with Crippen LogP contribution in [0, 0.1) is 16.7 Å². The molecule has 1 aliphatic carbocycles. The topological polar surface area (TPSA) is 40.1 Å². The molecule has 1 rings (SSSR count). The molecule has 0 aromatic heterocycles. The van der Waals surface area contributed by atoms with Crippen molar-refractivity contribution in [2.75, 3.05) is 0 Å². The van der Waals surface area contributed by atoms with Crippen molar-refractivity contribution in [3.05, 3.63) is 0 Å². The van der Waals surface area contributed by atoms with Gasteiger partial charge in [-0.25, -0.2) is 0 Å². The first-order valence-corrected chi connectivity index (χ1v) is 4.99. The van der Waals surface area contributed by atoms with Crippen molar-refractivity contribution in [2.45, 2.75) is 47.0 Å². The Morgan fingerprint density at radius 3 is 2.23 bits per heavy atom. The molecule has 0 saturated heterocycles. The van der Waals surface area contributed by atoms with Gasteiger partial charge in [0.2, 0.25) is 0 Å². The second kappa shape index (κ2) is 3.00. The van der Waals surface area contributed by atoms with E-state index in [9.17, 15) is 9.90 Å². The number of carboxylic acid groups (broad SMARTS) is 1. The molecule has 0 bridgehead atoms. The van der Waals surface area contributed by atoms with E-state index in [2.05, 4.69) is 20.8 Å². The molecule has 0 unspecified atom stereocenters. The molecule has 1 saturated carbocycles. The number of aliphatic carboxylic acids is 1. The third-order valence-corrected chi connectivity index (χ3v) is 3.90. The Kier molecular flexibility index (Phi) is 2.44. The monoisotopic (exact) mass is 183 g/mol. The van der Waals surface area contributed by atoms with Crippen LogP contribution in [-0.4, -0.2) is 5.97 Å². The molecule has 0 spiro atoms. The normalized spacial score (nSPS) is 38.6. The van der Waals surface area contributed by atoms with Crippen molar-refractivity contribution in [2.24, 2.45) is 16.7 Å². The van der Waals surface area contributed by atoms with Crippen LogP contribution in [0.2, 0.25) is 0 Å². The van der Waals surface area contributed by atoms with Crippen LogP contribution < -0.4 is 5.11 Å². The summed E-state index contributed by atoms with van der Waals surface area (Å²) >= 11 is 0. The van der Waals surface area contributed by atoms with Crippen LogP contribution in [0.5, 0.6) is 0 Å². The van der Waals surface area contributed by atoms with Gasteiger partial charge in [-0.2, -0.15) is 0 Å². The quantitative estimate of drug-likeness (QED) is 0.619. The number of carboxylic acids is 1. The molecule has 2 atom stereocenters. The van der Waals surface area contributed by atoms with Gasteiger partial charge in [0.05, 0.1) is 0 Å². The lowest BCUT2D eigenvalue weighted by atomic mass is 9.60. The van der Waals surface area contributed by atoms with Crippen molar-refractivity contribution < 1.29 is 9.90 Å². The van der Waals surface area contributed by atoms with Gasteiger partial charge in [-0.05, 0) is 30.6 Å². The van der Waals surface area contributed by atoms with Gasteiger partial charge in [-0.1, -0.05) is 27.7 Å². The SMILES string of the molecule is C[C@H]1C[C@@](C)(C(=O)[O-])CCC1(C)C. The zero-order valence-electron chi connectivity index (χ0n) is 9.02. The summed E-state index contributed by atoms with van der Waals surface area (Å²) in [5.74, 6) is -0.418. The molecule has 2 heteroatoms. The molecule has 0 amide bonds. The molecule has 0 N–H and O–H groups in total. The fourth-order valence-electron chi connectivity index (χ4n) is 2.08. The summed E-state index contributed by atoms with van der Waals surface area (Å²) in [5, 5.41) is 10.9. The van der Waals surface area contributed by atoms with Gasteiger partial charge < -0.3 is 9.90 Å². The van der Waals surface area contributed by atoms with E-state index in [4.69, 9.17) is 0 Å². The predicted molar refractivity (Wildman–Crippen MR) is 49.9 cm³/mol. The van der Waals surface area contributed by atoms with Crippen molar-refractivity contribution in [1.29, 1.82) is 0 Å². The van der Waals surface area contributed by atoms with Crippen molar-refractivity contribution >= 4 is 5.97 Å². The number of hydrogen-bond acceptors (Lipinski definition) is 2. The first-order valence-electron chi connectivity index (χ1n) is 4.99. The lowest BCUT2D eigenvalue weighted by Crippen LogP contribution is -2.46. The van der Waals surface area contributed by atoms with Crippen LogP contribution in [0.3, 0.4) is 0 Å². The number of carbonyl (C=O) groups is 1. The zero-order chi connectivity index (χ0) is 10.3. The van der Waals surface area contributed by atoms with Gasteiger partial charge in [0.1, 0.15) is 0 Å². The average molecular weight is 183 g/mol. The number of hydrogen-bond donors (Lipinski definition) is 0. The maximum atomic E-state index is 10.9. The summed E-state index contributed by atoms with van der Waals surface area (Å²) in [7, 11) is 0. The standard InChI is InChI=1S/C11H20O2/c1-8-7-11(4,9(12)13)6-5-10(8,2)3/h8H,5-7H2,1-4H3,(H,12,13)/p-1/t8-,11-/m0/s1. The van der Waals surface area contributed by atoms with E-state index in [1.54, 1.807) is 0 Å². The maximum Gasteiger partial charge on any atom is 0.0473 e. The van der Waals surface area contributed by atoms with Gasteiger partial charge >= 0.3 is 0 Å². The van der Waals surface area contributed by atoms with Crippen molar-refractivity contribution in [1.82, 2.24) is 0 Å². The van der Waals surface area contributed by atoms with Crippen LogP contribution in [0.1, 0.15) is 47.0 Å². The summed E-state index contributed by atoms with van der Waals surface area (Å²) < 4.78 is 0. The Labute approximate surface area is 80.3 Å². The van der Waals surface area contributed by atoms with E-state index < -0.39 is 11.4 Å². The van der Waals surface area contributed by atoms with Gasteiger partial charge in [0, 0.05) is 11.4 Å². The molecular weight excluding hydrogens is 164 g/mol. The van der Waals surface area contributed by atoms with E-state index in [1.807, 2.05) is 6.92 Å². The van der Waals surface area contributed by atoms with Crippen molar-refractivity contribution in [3.8, 4) is 0 Å². The van der Waals surface area contributed by atoms with E-state index >= 15 is 0 Å². The minimum absolute atomic E-state index is 0.287. The van der Waals surface area contributed by atoms with Gasteiger partial charge in [0.25, 0.3) is 0 Å². The highest BCUT2D eigenvalue weighted by Gasteiger charge is 2.40. The number of carbonyl (C=O) groups excluding carboxylic acids is 1. The summed E-state index contributed by atoms with van der Waals surface area (Å²) in [6, 6.07) is 0. The molecule has 0 aromatic carbocycles. The minimum atomic E-state index is -0.880. The van der Waals surface area contributed by atoms with Crippen LogP contribution in [0.4, 0.5) is 0 Å². The molecule has 0 radical (unpaired) electrons. The lowest BCUT2D eigenvalue weighted by Gasteiger charge is -2.46. The Morgan fingerprint density at radius 2 is 1.85 bits per heavy atom. The van der Waals surface area contributed by atoms with E-state index in [-0.39, 0.29) is 5.41 Å². The van der Waals surface area contributed by atoms with E-state index in [0.29, 0.717) is 5.92 Å². The minimum Gasteiger partial charge on any atom is -0.550 e. The Hall–Kier alpha value is -0.530. The van der Waals surface area contributed by atoms with Crippen LogP contribution in [0.25, 0.3) is 0 Å². The Balaban J connectivity index is 2.76. The summed E-state index contributed by atoms with van der Waals surface area (Å²) in [5.41, 5.74) is -0.302. The fourth-order valence-corrected chi connectivity index (χ4v) is 2.08. The maximum absolute atomic E-state index is 10.9. The first kappa shape index (κ1) is 10.6. The fraction of sp³-hybridized carbons (Fsp3) is 0.909. The molecule has 0 aromatic rings. The average Bonchev–Trinajstić information content (AvgIpc) is 1.98. The molecule has 76 valence electrons. The highest BCUT2D eigenvalue weighted by atomic mass is 16.4. The molecule has 2 nitrogen and oxygen atoms in total. The molecule has 1 aliphatic rings. The van der Waals surface area contributed by atoms with Crippen LogP contribution >= 0.6 is 0 Å². The Morgan fingerprint density at radius 1 is 1.31 bits per heavy atom. The van der Waals surface area contributed by atoms with Gasteiger partial charge in [-0.3, -0.25) is 0 Å². The predicted octanol–water partition coefficient (Wildman–Crippen LogP) is 1.59. The third-order valence-electron chi connectivity index (χ3n) is 3.90. The highest BCUT2D eigenvalue weighted by molar-refractivity contribution is 5.72.